The monoisotopic (exact) mass is 284 g/mol. The molecule has 0 aromatic rings. The molecular weight excluding hydrogens is 248 g/mol. The van der Waals surface area contributed by atoms with Crippen LogP contribution < -0.4 is 5.32 Å². The van der Waals surface area contributed by atoms with E-state index in [1.54, 1.807) is 0 Å². The predicted octanol–water partition coefficient (Wildman–Crippen LogP) is 3.03. The fourth-order valence-electron chi connectivity index (χ4n) is 2.93. The second kappa shape index (κ2) is 7.77. The fourth-order valence-corrected chi connectivity index (χ4v) is 2.93. The quantitative estimate of drug-likeness (QED) is 0.683. The van der Waals surface area contributed by atoms with Crippen molar-refractivity contribution in [1.29, 1.82) is 0 Å². The summed E-state index contributed by atoms with van der Waals surface area (Å²) in [6.07, 6.45) is 6.38. The van der Waals surface area contributed by atoms with Crippen molar-refractivity contribution < 1.29 is 5.11 Å². The molecular formula is C17H36N2O. The number of aliphatic hydroxyl groups excluding tert-OH is 1. The Kier molecular flexibility index (Phi) is 6.96. The van der Waals surface area contributed by atoms with Gasteiger partial charge in [0, 0.05) is 31.2 Å². The minimum atomic E-state index is 0.174. The van der Waals surface area contributed by atoms with Crippen molar-refractivity contribution in [2.24, 2.45) is 5.41 Å². The highest BCUT2D eigenvalue weighted by atomic mass is 16.3. The zero-order chi connectivity index (χ0) is 15.2. The number of nitrogens with one attached hydrogen (secondary N) is 1. The Morgan fingerprint density at radius 2 is 1.75 bits per heavy atom. The van der Waals surface area contributed by atoms with Crippen LogP contribution in [0.2, 0.25) is 0 Å². The SMILES string of the molecule is CCC(CC)(CNC(C)(C)C)CN(CCO)C1CCC1. The molecule has 0 spiro atoms. The lowest BCUT2D eigenvalue weighted by Gasteiger charge is -2.44. The van der Waals surface area contributed by atoms with Gasteiger partial charge < -0.3 is 10.4 Å². The van der Waals surface area contributed by atoms with Crippen LogP contribution in [0.1, 0.15) is 66.7 Å². The Hall–Kier alpha value is -0.120. The lowest BCUT2D eigenvalue weighted by Crippen LogP contribution is -2.52. The van der Waals surface area contributed by atoms with Gasteiger partial charge >= 0.3 is 0 Å². The Morgan fingerprint density at radius 3 is 2.10 bits per heavy atom. The summed E-state index contributed by atoms with van der Waals surface area (Å²) in [7, 11) is 0. The number of rotatable bonds is 9. The molecule has 3 heteroatoms. The molecule has 1 rings (SSSR count). The van der Waals surface area contributed by atoms with Crippen LogP contribution in [0.5, 0.6) is 0 Å². The summed E-state index contributed by atoms with van der Waals surface area (Å²) < 4.78 is 0. The molecule has 0 amide bonds. The average molecular weight is 284 g/mol. The topological polar surface area (TPSA) is 35.5 Å². The normalized spacial score (nSPS) is 17.6. The Bertz CT molecular complexity index is 265. The fraction of sp³-hybridized carbons (Fsp3) is 1.00. The van der Waals surface area contributed by atoms with Crippen molar-refractivity contribution in [2.75, 3.05) is 26.2 Å². The molecule has 0 heterocycles. The third-order valence-electron chi connectivity index (χ3n) is 5.01. The summed E-state index contributed by atoms with van der Waals surface area (Å²) >= 11 is 0. The van der Waals surface area contributed by atoms with E-state index in [1.165, 1.54) is 32.1 Å². The van der Waals surface area contributed by atoms with Crippen LogP contribution in [0.25, 0.3) is 0 Å². The van der Waals surface area contributed by atoms with Gasteiger partial charge in [-0.15, -0.1) is 0 Å². The highest BCUT2D eigenvalue weighted by molar-refractivity contribution is 4.89. The summed E-state index contributed by atoms with van der Waals surface area (Å²) in [5.41, 5.74) is 0.506. The average Bonchev–Trinajstić information content (AvgIpc) is 2.31. The molecule has 0 saturated heterocycles. The first-order valence-corrected chi connectivity index (χ1v) is 8.46. The van der Waals surface area contributed by atoms with E-state index < -0.39 is 0 Å². The molecule has 2 N–H and O–H groups in total. The number of nitrogens with zero attached hydrogens (tertiary/aromatic N) is 1. The van der Waals surface area contributed by atoms with Crippen LogP contribution in [-0.2, 0) is 0 Å². The Labute approximate surface area is 126 Å². The van der Waals surface area contributed by atoms with Gasteiger partial charge in [-0.05, 0) is 51.9 Å². The first-order chi connectivity index (χ1) is 9.36. The van der Waals surface area contributed by atoms with Gasteiger partial charge in [-0.1, -0.05) is 20.3 Å². The summed E-state index contributed by atoms with van der Waals surface area (Å²) in [6, 6.07) is 0.717. The zero-order valence-corrected chi connectivity index (χ0v) is 14.3. The summed E-state index contributed by atoms with van der Waals surface area (Å²) in [6.45, 7) is 14.6. The van der Waals surface area contributed by atoms with E-state index in [-0.39, 0.29) is 12.1 Å². The van der Waals surface area contributed by atoms with Gasteiger partial charge in [0.15, 0.2) is 0 Å². The second-order valence-corrected chi connectivity index (χ2v) is 7.59. The van der Waals surface area contributed by atoms with Crippen LogP contribution in [0.4, 0.5) is 0 Å². The maximum Gasteiger partial charge on any atom is 0.0558 e. The Balaban J connectivity index is 2.66. The largest absolute Gasteiger partial charge is 0.395 e. The second-order valence-electron chi connectivity index (χ2n) is 7.59. The lowest BCUT2D eigenvalue weighted by molar-refractivity contribution is 0.0454. The maximum absolute atomic E-state index is 9.35. The van der Waals surface area contributed by atoms with Crippen molar-refractivity contribution in [2.45, 2.75) is 78.3 Å². The van der Waals surface area contributed by atoms with E-state index >= 15 is 0 Å². The van der Waals surface area contributed by atoms with E-state index in [0.717, 1.165) is 19.6 Å². The van der Waals surface area contributed by atoms with Gasteiger partial charge in [-0.3, -0.25) is 4.90 Å². The minimum Gasteiger partial charge on any atom is -0.395 e. The standard InChI is InChI=1S/C17H36N2O/c1-6-17(7-2,13-18-16(3,4)5)14-19(11-12-20)15-9-8-10-15/h15,18,20H,6-14H2,1-5H3. The molecule has 0 aromatic carbocycles. The highest BCUT2D eigenvalue weighted by Crippen LogP contribution is 2.32. The van der Waals surface area contributed by atoms with E-state index in [1.807, 2.05) is 0 Å². The van der Waals surface area contributed by atoms with Crippen LogP contribution in [0, 0.1) is 5.41 Å². The first kappa shape index (κ1) is 17.9. The third-order valence-corrected chi connectivity index (χ3v) is 5.01. The van der Waals surface area contributed by atoms with Crippen molar-refractivity contribution in [3.05, 3.63) is 0 Å². The molecule has 0 unspecified atom stereocenters. The van der Waals surface area contributed by atoms with Gasteiger partial charge in [-0.2, -0.15) is 0 Å². The minimum absolute atomic E-state index is 0.174. The van der Waals surface area contributed by atoms with E-state index in [4.69, 9.17) is 0 Å². The van der Waals surface area contributed by atoms with Crippen molar-refractivity contribution in [1.82, 2.24) is 10.2 Å². The molecule has 1 saturated carbocycles. The van der Waals surface area contributed by atoms with E-state index in [9.17, 15) is 5.11 Å². The van der Waals surface area contributed by atoms with Crippen LogP contribution in [-0.4, -0.2) is 47.8 Å². The first-order valence-electron chi connectivity index (χ1n) is 8.46. The highest BCUT2D eigenvalue weighted by Gasteiger charge is 2.34. The third kappa shape index (κ3) is 5.34. The van der Waals surface area contributed by atoms with Crippen molar-refractivity contribution >= 4 is 0 Å². The van der Waals surface area contributed by atoms with Crippen LogP contribution in [0.15, 0.2) is 0 Å². The summed E-state index contributed by atoms with van der Waals surface area (Å²) in [5, 5.41) is 13.0. The van der Waals surface area contributed by atoms with Gasteiger partial charge in [-0.25, -0.2) is 0 Å². The molecule has 120 valence electrons. The van der Waals surface area contributed by atoms with E-state index in [2.05, 4.69) is 44.8 Å². The van der Waals surface area contributed by atoms with E-state index in [0.29, 0.717) is 11.5 Å². The number of aliphatic hydroxyl groups is 1. The smallest absolute Gasteiger partial charge is 0.0558 e. The number of hydrogen-bond acceptors (Lipinski definition) is 3. The van der Waals surface area contributed by atoms with Gasteiger partial charge in [0.1, 0.15) is 0 Å². The summed E-state index contributed by atoms with van der Waals surface area (Å²) in [4.78, 5) is 2.54. The lowest BCUT2D eigenvalue weighted by atomic mass is 9.79. The molecule has 3 nitrogen and oxygen atoms in total. The molecule has 0 aliphatic heterocycles. The van der Waals surface area contributed by atoms with Gasteiger partial charge in [0.05, 0.1) is 6.61 Å². The Morgan fingerprint density at radius 1 is 1.15 bits per heavy atom. The zero-order valence-electron chi connectivity index (χ0n) is 14.3. The molecule has 0 radical (unpaired) electrons. The van der Waals surface area contributed by atoms with Crippen molar-refractivity contribution in [3.8, 4) is 0 Å². The molecule has 0 aromatic heterocycles. The summed E-state index contributed by atoms with van der Waals surface area (Å²) in [5.74, 6) is 0. The van der Waals surface area contributed by atoms with Crippen molar-refractivity contribution in [3.63, 3.8) is 0 Å². The van der Waals surface area contributed by atoms with Crippen LogP contribution >= 0.6 is 0 Å². The molecule has 1 fully saturated rings. The molecule has 1 aliphatic rings. The van der Waals surface area contributed by atoms with Crippen LogP contribution in [0.3, 0.4) is 0 Å². The maximum atomic E-state index is 9.35. The van der Waals surface area contributed by atoms with Gasteiger partial charge in [0.2, 0.25) is 0 Å². The molecule has 20 heavy (non-hydrogen) atoms. The number of hydrogen-bond donors (Lipinski definition) is 2. The van der Waals surface area contributed by atoms with Gasteiger partial charge in [0.25, 0.3) is 0 Å². The predicted molar refractivity (Wildman–Crippen MR) is 87.1 cm³/mol. The molecule has 0 bridgehead atoms. The molecule has 1 aliphatic carbocycles. The molecule has 0 atom stereocenters.